The summed E-state index contributed by atoms with van der Waals surface area (Å²) in [6.45, 7) is 3.63. The zero-order chi connectivity index (χ0) is 16.0. The van der Waals surface area contributed by atoms with E-state index in [4.69, 9.17) is 9.47 Å². The number of ether oxygens (including phenoxy) is 2. The third-order valence-corrected chi connectivity index (χ3v) is 4.23. The number of carbonyl (C=O) groups is 3. The van der Waals surface area contributed by atoms with Crippen LogP contribution >= 0.6 is 0 Å². The van der Waals surface area contributed by atoms with E-state index in [1.807, 2.05) is 4.57 Å². The molecule has 0 aromatic carbocycles. The van der Waals surface area contributed by atoms with E-state index in [2.05, 4.69) is 0 Å². The molecule has 1 aromatic rings. The number of aromatic nitrogens is 1. The third kappa shape index (κ3) is 1.90. The van der Waals surface area contributed by atoms with Crippen LogP contribution in [0, 0.1) is 0 Å². The lowest BCUT2D eigenvalue weighted by Crippen LogP contribution is -2.24. The van der Waals surface area contributed by atoms with Crippen molar-refractivity contribution in [2.24, 2.45) is 0 Å². The molecule has 1 aromatic heterocycles. The summed E-state index contributed by atoms with van der Waals surface area (Å²) in [5, 5.41) is 0. The molecular weight excluding hydrogens is 286 g/mol. The van der Waals surface area contributed by atoms with E-state index in [0.29, 0.717) is 28.9 Å². The summed E-state index contributed by atoms with van der Waals surface area (Å²) < 4.78 is 12.1. The molecule has 0 saturated carbocycles. The van der Waals surface area contributed by atoms with Crippen LogP contribution in [0.15, 0.2) is 11.3 Å². The molecule has 3 rings (SSSR count). The van der Waals surface area contributed by atoms with Gasteiger partial charge in [0.2, 0.25) is 11.6 Å². The quantitative estimate of drug-likeness (QED) is 0.796. The van der Waals surface area contributed by atoms with Crippen molar-refractivity contribution in [1.29, 1.82) is 0 Å². The van der Waals surface area contributed by atoms with Crippen molar-refractivity contribution in [3.8, 4) is 0 Å². The van der Waals surface area contributed by atoms with Crippen LogP contribution in [-0.2, 0) is 33.8 Å². The number of nitrogens with zero attached hydrogens (tertiary/aromatic N) is 1. The molecule has 22 heavy (non-hydrogen) atoms. The summed E-state index contributed by atoms with van der Waals surface area (Å²) in [5.41, 5.74) is 2.63. The molecule has 0 unspecified atom stereocenters. The van der Waals surface area contributed by atoms with Gasteiger partial charge < -0.3 is 14.0 Å². The smallest absolute Gasteiger partial charge is 0.302 e. The molecule has 0 fully saturated rings. The highest BCUT2D eigenvalue weighted by Crippen LogP contribution is 2.36. The predicted molar refractivity (Wildman–Crippen MR) is 76.6 cm³/mol. The van der Waals surface area contributed by atoms with E-state index >= 15 is 0 Å². The van der Waals surface area contributed by atoms with Crippen LogP contribution in [0.2, 0.25) is 0 Å². The Kier molecular flexibility index (Phi) is 3.39. The van der Waals surface area contributed by atoms with Crippen molar-refractivity contribution < 1.29 is 23.9 Å². The zero-order valence-electron chi connectivity index (χ0n) is 12.8. The molecule has 2 heterocycles. The molecule has 6 nitrogen and oxygen atoms in total. The van der Waals surface area contributed by atoms with Crippen molar-refractivity contribution in [2.45, 2.75) is 39.8 Å². The Morgan fingerprint density at radius 3 is 2.64 bits per heavy atom. The number of hydrogen-bond donors (Lipinski definition) is 0. The van der Waals surface area contributed by atoms with Gasteiger partial charge in [0.05, 0.1) is 12.7 Å². The van der Waals surface area contributed by atoms with Crippen molar-refractivity contribution in [3.05, 3.63) is 33.8 Å². The Labute approximate surface area is 127 Å². The van der Waals surface area contributed by atoms with E-state index in [-0.39, 0.29) is 23.9 Å². The first-order chi connectivity index (χ1) is 10.5. The second kappa shape index (κ2) is 5.12. The van der Waals surface area contributed by atoms with E-state index < -0.39 is 5.97 Å². The molecule has 0 saturated heterocycles. The Bertz CT molecular complexity index is 738. The zero-order valence-corrected chi connectivity index (χ0v) is 12.8. The van der Waals surface area contributed by atoms with Crippen LogP contribution in [0.5, 0.6) is 0 Å². The fourth-order valence-corrected chi connectivity index (χ4v) is 3.28. The fourth-order valence-electron chi connectivity index (χ4n) is 3.28. The number of hydrogen-bond acceptors (Lipinski definition) is 5. The molecule has 1 aliphatic heterocycles. The van der Waals surface area contributed by atoms with Crippen molar-refractivity contribution >= 4 is 17.5 Å². The van der Waals surface area contributed by atoms with Gasteiger partial charge in [0.15, 0.2) is 5.76 Å². The number of esters is 1. The molecule has 0 N–H and O–H groups in total. The molecule has 0 bridgehead atoms. The lowest BCUT2D eigenvalue weighted by molar-refractivity contribution is -0.142. The van der Waals surface area contributed by atoms with Gasteiger partial charge in [0.25, 0.3) is 0 Å². The summed E-state index contributed by atoms with van der Waals surface area (Å²) in [6, 6.07) is 0. The maximum atomic E-state index is 12.7. The van der Waals surface area contributed by atoms with Gasteiger partial charge in [0, 0.05) is 30.3 Å². The van der Waals surface area contributed by atoms with Gasteiger partial charge in [-0.1, -0.05) is 0 Å². The number of carbonyl (C=O) groups excluding carboxylic acids is 3. The molecular formula is C16H17NO5. The summed E-state index contributed by atoms with van der Waals surface area (Å²) in [6.07, 6.45) is 1.68. The van der Waals surface area contributed by atoms with Gasteiger partial charge in [-0.05, 0) is 19.8 Å². The standard InChI is InChI=1S/C16H17NO5/c1-8-14(19)13-12(15(20)16(8)21-3)10(7-22-9(2)18)11-5-4-6-17(11)13/h4-7H2,1-3H3. The summed E-state index contributed by atoms with van der Waals surface area (Å²) >= 11 is 0. The number of allylic oxidation sites excluding steroid dienone is 2. The SMILES string of the molecule is COC1=C(C)C(=O)c2c(c(COC(C)=O)c3n2CCC3)C1=O. The average Bonchev–Trinajstić information content (AvgIpc) is 3.03. The Hall–Kier alpha value is -2.37. The highest BCUT2D eigenvalue weighted by molar-refractivity contribution is 6.26. The molecule has 0 amide bonds. The van der Waals surface area contributed by atoms with E-state index in [9.17, 15) is 14.4 Å². The van der Waals surface area contributed by atoms with E-state index in [1.165, 1.54) is 14.0 Å². The molecule has 116 valence electrons. The minimum atomic E-state index is -0.417. The van der Waals surface area contributed by atoms with Gasteiger partial charge in [-0.2, -0.15) is 0 Å². The number of fused-ring (bicyclic) bond motifs is 3. The van der Waals surface area contributed by atoms with Gasteiger partial charge in [0.1, 0.15) is 12.3 Å². The lowest BCUT2D eigenvalue weighted by atomic mass is 9.91. The largest absolute Gasteiger partial charge is 0.492 e. The van der Waals surface area contributed by atoms with Gasteiger partial charge in [-0.25, -0.2) is 0 Å². The first kappa shape index (κ1) is 14.6. The summed E-state index contributed by atoms with van der Waals surface area (Å²) in [5.74, 6) is -0.840. The highest BCUT2D eigenvalue weighted by Gasteiger charge is 2.39. The third-order valence-electron chi connectivity index (χ3n) is 4.23. The number of Topliss-reactive ketones (excluding diaryl/α,β-unsaturated/α-hetero) is 2. The maximum Gasteiger partial charge on any atom is 0.302 e. The van der Waals surface area contributed by atoms with Crippen molar-refractivity contribution in [2.75, 3.05) is 7.11 Å². The van der Waals surface area contributed by atoms with Gasteiger partial charge in [-0.3, -0.25) is 14.4 Å². The molecule has 0 spiro atoms. The van der Waals surface area contributed by atoms with Crippen LogP contribution in [0.3, 0.4) is 0 Å². The fraction of sp³-hybridized carbons (Fsp3) is 0.438. The number of rotatable bonds is 3. The molecule has 6 heteroatoms. The minimum absolute atomic E-state index is 0.00899. The topological polar surface area (TPSA) is 74.6 Å². The Morgan fingerprint density at radius 1 is 1.27 bits per heavy atom. The second-order valence-corrected chi connectivity index (χ2v) is 5.50. The minimum Gasteiger partial charge on any atom is -0.492 e. The first-order valence-electron chi connectivity index (χ1n) is 7.19. The lowest BCUT2D eigenvalue weighted by Gasteiger charge is -2.17. The van der Waals surface area contributed by atoms with Gasteiger partial charge in [-0.15, -0.1) is 0 Å². The second-order valence-electron chi connectivity index (χ2n) is 5.50. The summed E-state index contributed by atoms with van der Waals surface area (Å²) in [7, 11) is 1.38. The normalized spacial score (nSPS) is 16.7. The van der Waals surface area contributed by atoms with E-state index in [0.717, 1.165) is 18.5 Å². The van der Waals surface area contributed by atoms with Crippen LogP contribution in [0.25, 0.3) is 0 Å². The van der Waals surface area contributed by atoms with Gasteiger partial charge >= 0.3 is 5.97 Å². The highest BCUT2D eigenvalue weighted by atomic mass is 16.5. The Balaban J connectivity index is 2.19. The summed E-state index contributed by atoms with van der Waals surface area (Å²) in [4.78, 5) is 36.4. The molecule has 0 atom stereocenters. The number of methoxy groups -OCH3 is 1. The average molecular weight is 303 g/mol. The van der Waals surface area contributed by atoms with Crippen LogP contribution in [-0.4, -0.2) is 29.2 Å². The Morgan fingerprint density at radius 2 is 2.00 bits per heavy atom. The molecule has 1 aliphatic carbocycles. The molecule has 0 radical (unpaired) electrons. The maximum absolute atomic E-state index is 12.7. The first-order valence-corrected chi connectivity index (χ1v) is 7.19. The number of ketones is 2. The van der Waals surface area contributed by atoms with Crippen molar-refractivity contribution in [1.82, 2.24) is 4.57 Å². The molecule has 2 aliphatic rings. The van der Waals surface area contributed by atoms with Crippen LogP contribution < -0.4 is 0 Å². The van der Waals surface area contributed by atoms with Crippen molar-refractivity contribution in [3.63, 3.8) is 0 Å². The van der Waals surface area contributed by atoms with Crippen LogP contribution in [0.4, 0.5) is 0 Å². The monoisotopic (exact) mass is 303 g/mol. The van der Waals surface area contributed by atoms with E-state index in [1.54, 1.807) is 6.92 Å². The van der Waals surface area contributed by atoms with Crippen LogP contribution in [0.1, 0.15) is 52.4 Å². The predicted octanol–water partition coefficient (Wildman–Crippen LogP) is 1.80.